The summed E-state index contributed by atoms with van der Waals surface area (Å²) >= 11 is 26.3. The highest BCUT2D eigenvalue weighted by Gasteiger charge is 2.18. The number of hydrogen-bond donors (Lipinski definition) is 1. The van der Waals surface area contributed by atoms with Crippen LogP contribution in [0.15, 0.2) is 65.8 Å². The van der Waals surface area contributed by atoms with Crippen LogP contribution in [0.2, 0.25) is 20.1 Å². The maximum atomic E-state index is 12.7. The van der Waals surface area contributed by atoms with E-state index in [0.29, 0.717) is 48.1 Å². The molecule has 1 heterocycles. The van der Waals surface area contributed by atoms with Crippen molar-refractivity contribution in [2.75, 3.05) is 0 Å². The summed E-state index contributed by atoms with van der Waals surface area (Å²) in [5.74, 6) is 0.872. The van der Waals surface area contributed by atoms with Crippen molar-refractivity contribution in [1.29, 1.82) is 0 Å². The summed E-state index contributed by atoms with van der Waals surface area (Å²) in [5, 5.41) is 13.8. The van der Waals surface area contributed by atoms with E-state index in [0.717, 1.165) is 5.56 Å². The monoisotopic (exact) mass is 550 g/mol. The fourth-order valence-electron chi connectivity index (χ4n) is 3.26. The highest BCUT2D eigenvalue weighted by atomic mass is 35.5. The van der Waals surface area contributed by atoms with Crippen molar-refractivity contribution in [1.82, 2.24) is 20.1 Å². The van der Waals surface area contributed by atoms with Crippen LogP contribution in [0.25, 0.3) is 5.69 Å². The highest BCUT2D eigenvalue weighted by Crippen LogP contribution is 2.31. The highest BCUT2D eigenvalue weighted by molar-refractivity contribution is 7.98. The standard InChI is InChI=1S/C24H18Cl4N4OS/c1-14-3-2-4-15(9-14)13-34-24-31-30-22(32(24)21-11-17(25)6-8-19(21)27)12-29-23(33)16-5-7-18(26)20(28)10-16/h2-11H,12-13H2,1H3,(H,29,33). The van der Waals surface area contributed by atoms with Crippen LogP contribution in [-0.2, 0) is 12.3 Å². The molecule has 0 radical (unpaired) electrons. The summed E-state index contributed by atoms with van der Waals surface area (Å²) in [7, 11) is 0. The molecule has 34 heavy (non-hydrogen) atoms. The molecule has 0 atom stereocenters. The minimum atomic E-state index is -0.320. The van der Waals surface area contributed by atoms with Gasteiger partial charge in [-0.25, -0.2) is 0 Å². The number of carbonyl (C=O) groups excluding carboxylic acids is 1. The molecule has 0 aliphatic rings. The Balaban J connectivity index is 1.61. The number of nitrogens with one attached hydrogen (secondary N) is 1. The van der Waals surface area contributed by atoms with Gasteiger partial charge in [0.25, 0.3) is 5.91 Å². The van der Waals surface area contributed by atoms with Crippen molar-refractivity contribution in [3.05, 3.63) is 103 Å². The predicted molar refractivity (Wildman–Crippen MR) is 140 cm³/mol. The molecule has 0 aliphatic carbocycles. The molecule has 4 aromatic rings. The van der Waals surface area contributed by atoms with Crippen LogP contribution in [0, 0.1) is 6.92 Å². The number of hydrogen-bond acceptors (Lipinski definition) is 4. The van der Waals surface area contributed by atoms with Crippen LogP contribution >= 0.6 is 58.2 Å². The maximum Gasteiger partial charge on any atom is 0.251 e. The molecule has 0 spiro atoms. The first-order valence-electron chi connectivity index (χ1n) is 10.1. The zero-order chi connectivity index (χ0) is 24.2. The Morgan fingerprint density at radius 2 is 1.74 bits per heavy atom. The van der Waals surface area contributed by atoms with Gasteiger partial charge in [-0.2, -0.15) is 0 Å². The van der Waals surface area contributed by atoms with Crippen LogP contribution in [0.5, 0.6) is 0 Å². The second-order valence-electron chi connectivity index (χ2n) is 7.42. The van der Waals surface area contributed by atoms with Gasteiger partial charge in [-0.1, -0.05) is 88.0 Å². The third kappa shape index (κ3) is 5.88. The molecule has 1 amide bonds. The van der Waals surface area contributed by atoms with E-state index in [1.165, 1.54) is 23.4 Å². The van der Waals surface area contributed by atoms with Crippen molar-refractivity contribution in [2.24, 2.45) is 0 Å². The lowest BCUT2D eigenvalue weighted by Gasteiger charge is -2.13. The number of carbonyl (C=O) groups is 1. The summed E-state index contributed by atoms with van der Waals surface area (Å²) in [4.78, 5) is 12.7. The molecule has 0 aliphatic heterocycles. The third-order valence-corrected chi connectivity index (χ3v) is 7.18. The topological polar surface area (TPSA) is 59.8 Å². The first-order valence-corrected chi connectivity index (χ1v) is 12.6. The average molecular weight is 552 g/mol. The van der Waals surface area contributed by atoms with Gasteiger partial charge in [-0.05, 0) is 48.9 Å². The fraction of sp³-hybridized carbons (Fsp3) is 0.125. The average Bonchev–Trinajstić information content (AvgIpc) is 3.22. The zero-order valence-corrected chi connectivity index (χ0v) is 21.7. The summed E-state index contributed by atoms with van der Waals surface area (Å²) in [6.07, 6.45) is 0. The van der Waals surface area contributed by atoms with E-state index in [9.17, 15) is 4.79 Å². The molecule has 0 fully saturated rings. The van der Waals surface area contributed by atoms with E-state index >= 15 is 0 Å². The van der Waals surface area contributed by atoms with Gasteiger partial charge in [-0.3, -0.25) is 9.36 Å². The van der Waals surface area contributed by atoms with Gasteiger partial charge >= 0.3 is 0 Å². The lowest BCUT2D eigenvalue weighted by molar-refractivity contribution is 0.0949. The molecular formula is C24H18Cl4N4OS. The smallest absolute Gasteiger partial charge is 0.251 e. The first kappa shape index (κ1) is 24.9. The van der Waals surface area contributed by atoms with E-state index in [-0.39, 0.29) is 12.5 Å². The largest absolute Gasteiger partial charge is 0.345 e. The number of aryl methyl sites for hydroxylation is 1. The second kappa shape index (κ2) is 11.0. The third-order valence-electron chi connectivity index (χ3n) is 4.89. The minimum absolute atomic E-state index is 0.111. The van der Waals surface area contributed by atoms with E-state index in [4.69, 9.17) is 46.4 Å². The van der Waals surface area contributed by atoms with Crippen LogP contribution in [0.1, 0.15) is 27.3 Å². The van der Waals surface area contributed by atoms with Crippen LogP contribution < -0.4 is 5.32 Å². The van der Waals surface area contributed by atoms with Crippen molar-refractivity contribution in [3.63, 3.8) is 0 Å². The van der Waals surface area contributed by atoms with Gasteiger partial charge in [0.05, 0.1) is 27.3 Å². The number of benzene rings is 3. The zero-order valence-electron chi connectivity index (χ0n) is 17.9. The molecule has 4 rings (SSSR count). The van der Waals surface area contributed by atoms with Crippen molar-refractivity contribution >= 4 is 64.1 Å². The summed E-state index contributed by atoms with van der Waals surface area (Å²) in [6, 6.07) is 18.1. The molecule has 0 bridgehead atoms. The van der Waals surface area contributed by atoms with Gasteiger partial charge in [0.1, 0.15) is 0 Å². The van der Waals surface area contributed by atoms with Crippen molar-refractivity contribution in [3.8, 4) is 5.69 Å². The Hall–Kier alpha value is -2.22. The molecule has 10 heteroatoms. The van der Waals surface area contributed by atoms with Gasteiger partial charge in [0, 0.05) is 16.3 Å². The Labute approximate surface area is 221 Å². The Bertz CT molecular complexity index is 1360. The normalized spacial score (nSPS) is 11.0. The lowest BCUT2D eigenvalue weighted by atomic mass is 10.2. The van der Waals surface area contributed by atoms with Crippen molar-refractivity contribution in [2.45, 2.75) is 24.4 Å². The van der Waals surface area contributed by atoms with E-state index in [1.807, 2.05) is 10.6 Å². The Morgan fingerprint density at radius 1 is 0.941 bits per heavy atom. The van der Waals surface area contributed by atoms with Gasteiger partial charge in [-0.15, -0.1) is 10.2 Å². The Kier molecular flexibility index (Phi) is 8.06. The summed E-state index contributed by atoms with van der Waals surface area (Å²) in [5.41, 5.74) is 3.36. The second-order valence-corrected chi connectivity index (χ2v) is 10.0. The molecule has 0 unspecified atom stereocenters. The number of amides is 1. The number of rotatable bonds is 7. The molecule has 0 saturated heterocycles. The summed E-state index contributed by atoms with van der Waals surface area (Å²) < 4.78 is 1.81. The molecule has 1 aromatic heterocycles. The van der Waals surface area contributed by atoms with Gasteiger partial charge < -0.3 is 5.32 Å². The van der Waals surface area contributed by atoms with Crippen LogP contribution in [-0.4, -0.2) is 20.7 Å². The number of nitrogens with zero attached hydrogens (tertiary/aromatic N) is 3. The molecule has 174 valence electrons. The molecule has 5 nitrogen and oxygen atoms in total. The molecular weight excluding hydrogens is 534 g/mol. The number of thioether (sulfide) groups is 1. The number of halogens is 4. The molecule has 0 saturated carbocycles. The van der Waals surface area contributed by atoms with Crippen LogP contribution in [0.3, 0.4) is 0 Å². The van der Waals surface area contributed by atoms with Gasteiger partial charge in [0.15, 0.2) is 11.0 Å². The minimum Gasteiger partial charge on any atom is -0.345 e. The predicted octanol–water partition coefficient (Wildman–Crippen LogP) is 7.41. The SMILES string of the molecule is Cc1cccc(CSc2nnc(CNC(=O)c3ccc(Cl)c(Cl)c3)n2-c2cc(Cl)ccc2Cl)c1. The quantitative estimate of drug-likeness (QED) is 0.243. The Morgan fingerprint density at radius 3 is 2.50 bits per heavy atom. The first-order chi connectivity index (χ1) is 16.3. The van der Waals surface area contributed by atoms with Crippen LogP contribution in [0.4, 0.5) is 0 Å². The van der Waals surface area contributed by atoms with E-state index in [2.05, 4.69) is 40.6 Å². The maximum absolute atomic E-state index is 12.7. The van der Waals surface area contributed by atoms with Gasteiger partial charge in [0.2, 0.25) is 0 Å². The molecule has 1 N–H and O–H groups in total. The summed E-state index contributed by atoms with van der Waals surface area (Å²) in [6.45, 7) is 2.16. The van der Waals surface area contributed by atoms with Crippen molar-refractivity contribution < 1.29 is 4.79 Å². The lowest BCUT2D eigenvalue weighted by Crippen LogP contribution is -2.24. The molecule has 3 aromatic carbocycles. The van der Waals surface area contributed by atoms with E-state index in [1.54, 1.807) is 30.3 Å². The number of aromatic nitrogens is 3. The van der Waals surface area contributed by atoms with E-state index < -0.39 is 0 Å². The fourth-order valence-corrected chi connectivity index (χ4v) is 4.83.